The van der Waals surface area contributed by atoms with Crippen LogP contribution in [0.2, 0.25) is 0 Å². The highest BCUT2D eigenvalue weighted by Gasteiger charge is 2.22. The number of hydrogen-bond acceptors (Lipinski definition) is 6. The first kappa shape index (κ1) is 17.5. The summed E-state index contributed by atoms with van der Waals surface area (Å²) in [6.45, 7) is 3.34. The molecular weight excluding hydrogens is 290 g/mol. The average Bonchev–Trinajstić information content (AvgIpc) is 2.57. The maximum absolute atomic E-state index is 12.3. The van der Waals surface area contributed by atoms with E-state index in [1.807, 2.05) is 6.92 Å². The maximum atomic E-state index is 12.3. The van der Waals surface area contributed by atoms with Crippen molar-refractivity contribution in [3.8, 4) is 11.5 Å². The van der Waals surface area contributed by atoms with E-state index in [0.717, 1.165) is 12.1 Å². The topological polar surface area (TPSA) is 113 Å². The van der Waals surface area contributed by atoms with Gasteiger partial charge in [-0.1, -0.05) is 13.3 Å². The normalized spacial score (nSPS) is 11.6. The van der Waals surface area contributed by atoms with E-state index >= 15 is 0 Å². The number of rotatable bonds is 5. The van der Waals surface area contributed by atoms with Crippen LogP contribution in [-0.4, -0.2) is 35.2 Å². The lowest BCUT2D eigenvalue weighted by atomic mass is 10.1. The lowest BCUT2D eigenvalue weighted by molar-refractivity contribution is -0.143. The number of nitrogens with one attached hydrogen (secondary N) is 1. The smallest absolute Gasteiger partial charge is 0.328 e. The molecule has 120 valence electrons. The van der Waals surface area contributed by atoms with Gasteiger partial charge in [-0.15, -0.1) is 0 Å². The van der Waals surface area contributed by atoms with Gasteiger partial charge in [0.05, 0.1) is 7.11 Å². The van der Waals surface area contributed by atoms with Crippen molar-refractivity contribution in [2.75, 3.05) is 7.11 Å². The van der Waals surface area contributed by atoms with Crippen molar-refractivity contribution in [2.24, 2.45) is 0 Å². The summed E-state index contributed by atoms with van der Waals surface area (Å²) in [5.41, 5.74) is -0.551. The standard InChI is InChI=1S/C15H19NO6/c1-4-5-10(15(21)22-3)16-14(20)9-7-12(18)13(19)11(17)6-8(9)2/h6-7,10H,4-5H2,1-3H3,(H,16,20)(H2,17,18,19)/t10-/m0/s1. The molecule has 1 amide bonds. The molecule has 0 bridgehead atoms. The first-order valence-corrected chi connectivity index (χ1v) is 6.77. The second-order valence-corrected chi connectivity index (χ2v) is 4.82. The molecule has 0 fully saturated rings. The van der Waals surface area contributed by atoms with Gasteiger partial charge in [0, 0.05) is 5.56 Å². The summed E-state index contributed by atoms with van der Waals surface area (Å²) >= 11 is 0. The summed E-state index contributed by atoms with van der Waals surface area (Å²) in [6, 6.07) is 1.20. The summed E-state index contributed by atoms with van der Waals surface area (Å²) in [7, 11) is 1.22. The molecule has 3 N–H and O–H groups in total. The largest absolute Gasteiger partial charge is 0.504 e. The molecule has 1 atom stereocenters. The molecule has 0 saturated carbocycles. The van der Waals surface area contributed by atoms with Crippen molar-refractivity contribution in [3.05, 3.63) is 33.5 Å². The number of esters is 1. The minimum absolute atomic E-state index is 0.0140. The van der Waals surface area contributed by atoms with Crippen molar-refractivity contribution in [2.45, 2.75) is 32.7 Å². The van der Waals surface area contributed by atoms with E-state index in [1.54, 1.807) is 0 Å². The highest BCUT2D eigenvalue weighted by atomic mass is 16.5. The minimum atomic E-state index is -0.833. The molecule has 0 aliphatic carbocycles. The van der Waals surface area contributed by atoms with Crippen LogP contribution in [0.4, 0.5) is 0 Å². The Morgan fingerprint density at radius 3 is 2.50 bits per heavy atom. The van der Waals surface area contributed by atoms with E-state index in [-0.39, 0.29) is 11.1 Å². The van der Waals surface area contributed by atoms with Crippen LogP contribution in [0, 0.1) is 6.92 Å². The van der Waals surface area contributed by atoms with Crippen LogP contribution in [0.25, 0.3) is 0 Å². The number of hydrogen-bond donors (Lipinski definition) is 3. The molecule has 1 aromatic rings. The van der Waals surface area contributed by atoms with Crippen LogP contribution in [0.1, 0.15) is 35.7 Å². The molecule has 0 spiro atoms. The first-order chi connectivity index (χ1) is 10.3. The van der Waals surface area contributed by atoms with Crippen LogP contribution in [0.5, 0.6) is 11.5 Å². The Balaban J connectivity index is 3.18. The molecule has 0 aromatic heterocycles. The van der Waals surface area contributed by atoms with Crippen LogP contribution < -0.4 is 10.7 Å². The Labute approximate surface area is 127 Å². The van der Waals surface area contributed by atoms with E-state index in [2.05, 4.69) is 10.1 Å². The predicted molar refractivity (Wildman–Crippen MR) is 79.0 cm³/mol. The van der Waals surface area contributed by atoms with Crippen LogP contribution in [0.3, 0.4) is 0 Å². The molecule has 0 aliphatic rings. The number of carbonyl (C=O) groups is 2. The molecule has 0 radical (unpaired) electrons. The predicted octanol–water partition coefficient (Wildman–Crippen LogP) is 0.838. The van der Waals surface area contributed by atoms with Gasteiger partial charge in [0.1, 0.15) is 6.04 Å². The monoisotopic (exact) mass is 309 g/mol. The van der Waals surface area contributed by atoms with E-state index in [4.69, 9.17) is 0 Å². The molecule has 0 aliphatic heterocycles. The molecule has 1 rings (SSSR count). The molecule has 0 saturated heterocycles. The Hall–Kier alpha value is -2.57. The highest BCUT2D eigenvalue weighted by Crippen LogP contribution is 2.21. The average molecular weight is 309 g/mol. The van der Waals surface area contributed by atoms with E-state index in [0.29, 0.717) is 12.8 Å². The van der Waals surface area contributed by atoms with E-state index in [1.165, 1.54) is 14.0 Å². The number of aromatic hydroxyl groups is 2. The van der Waals surface area contributed by atoms with E-state index in [9.17, 15) is 24.6 Å². The fraction of sp³-hybridized carbons (Fsp3) is 0.400. The number of amides is 1. The third kappa shape index (κ3) is 3.97. The summed E-state index contributed by atoms with van der Waals surface area (Å²) in [4.78, 5) is 35.4. The molecule has 22 heavy (non-hydrogen) atoms. The zero-order chi connectivity index (χ0) is 16.9. The molecule has 7 nitrogen and oxygen atoms in total. The fourth-order valence-electron chi connectivity index (χ4n) is 1.95. The summed E-state index contributed by atoms with van der Waals surface area (Å²) in [5.74, 6) is -2.76. The second-order valence-electron chi connectivity index (χ2n) is 4.82. The van der Waals surface area contributed by atoms with Crippen molar-refractivity contribution >= 4 is 11.9 Å². The van der Waals surface area contributed by atoms with Gasteiger partial charge in [-0.25, -0.2) is 4.79 Å². The molecule has 1 aromatic carbocycles. The zero-order valence-corrected chi connectivity index (χ0v) is 12.7. The molecule has 0 unspecified atom stereocenters. The van der Waals surface area contributed by atoms with Gasteiger partial charge in [0.2, 0.25) is 11.2 Å². The van der Waals surface area contributed by atoms with Gasteiger partial charge < -0.3 is 20.3 Å². The summed E-state index contributed by atoms with van der Waals surface area (Å²) in [6.07, 6.45) is 1.04. The van der Waals surface area contributed by atoms with Crippen molar-refractivity contribution in [1.29, 1.82) is 0 Å². The lowest BCUT2D eigenvalue weighted by Crippen LogP contribution is -2.41. The lowest BCUT2D eigenvalue weighted by Gasteiger charge is -2.15. The third-order valence-electron chi connectivity index (χ3n) is 3.14. The van der Waals surface area contributed by atoms with Gasteiger partial charge in [-0.2, -0.15) is 0 Å². The Morgan fingerprint density at radius 1 is 1.32 bits per heavy atom. The van der Waals surface area contributed by atoms with Crippen molar-refractivity contribution in [3.63, 3.8) is 0 Å². The number of methoxy groups -OCH3 is 1. The Bertz CT molecular complexity index is 641. The maximum Gasteiger partial charge on any atom is 0.328 e. The summed E-state index contributed by atoms with van der Waals surface area (Å²) < 4.78 is 4.62. The third-order valence-corrected chi connectivity index (χ3v) is 3.14. The number of ether oxygens (including phenoxy) is 1. The minimum Gasteiger partial charge on any atom is -0.504 e. The molecule has 7 heteroatoms. The summed E-state index contributed by atoms with van der Waals surface area (Å²) in [5, 5.41) is 21.5. The van der Waals surface area contributed by atoms with E-state index < -0.39 is 34.8 Å². The van der Waals surface area contributed by atoms with Gasteiger partial charge in [-0.3, -0.25) is 9.59 Å². The highest BCUT2D eigenvalue weighted by molar-refractivity contribution is 5.98. The van der Waals surface area contributed by atoms with Gasteiger partial charge in [-0.05, 0) is 31.0 Å². The molecule has 0 heterocycles. The van der Waals surface area contributed by atoms with Crippen LogP contribution in [0.15, 0.2) is 16.9 Å². The molecular formula is C15H19NO6. The Morgan fingerprint density at radius 2 is 1.95 bits per heavy atom. The Kier molecular flexibility index (Phi) is 5.91. The quantitative estimate of drug-likeness (QED) is 0.695. The number of aryl methyl sites for hydroxylation is 1. The van der Waals surface area contributed by atoms with Gasteiger partial charge in [0.25, 0.3) is 5.91 Å². The second kappa shape index (κ2) is 7.44. The van der Waals surface area contributed by atoms with Gasteiger partial charge in [0.15, 0.2) is 5.75 Å². The van der Waals surface area contributed by atoms with Crippen molar-refractivity contribution < 1.29 is 24.5 Å². The zero-order valence-electron chi connectivity index (χ0n) is 12.7. The van der Waals surface area contributed by atoms with Gasteiger partial charge >= 0.3 is 5.97 Å². The SMILES string of the molecule is CCC[C@H](NC(=O)c1cc(O)c(O)c(=O)cc1C)C(=O)OC. The first-order valence-electron chi connectivity index (χ1n) is 6.77. The fourth-order valence-corrected chi connectivity index (χ4v) is 1.95. The van der Waals surface area contributed by atoms with Crippen LogP contribution in [-0.2, 0) is 9.53 Å². The van der Waals surface area contributed by atoms with Crippen LogP contribution >= 0.6 is 0 Å². The number of carbonyl (C=O) groups excluding carboxylic acids is 2. The van der Waals surface area contributed by atoms with Crippen molar-refractivity contribution in [1.82, 2.24) is 5.32 Å².